The number of rotatable bonds is 18. The van der Waals surface area contributed by atoms with Crippen molar-refractivity contribution >= 4 is 21.7 Å². The normalized spacial score (nSPS) is 15.4. The van der Waals surface area contributed by atoms with E-state index < -0.39 is 22.0 Å². The molecule has 0 radical (unpaired) electrons. The number of carbonyl (C=O) groups is 1. The number of allylic oxidation sites excluding steroid dienone is 2. The van der Waals surface area contributed by atoms with Gasteiger partial charge in [0.25, 0.3) is 0 Å². The number of nitrogens with zero attached hydrogens (tertiary/aromatic N) is 2. The zero-order chi connectivity index (χ0) is 23.1. The summed E-state index contributed by atoms with van der Waals surface area (Å²) in [6, 6.07) is 0. The molecule has 0 amide bonds. The fourth-order valence-electron chi connectivity index (χ4n) is 3.89. The molecule has 0 aromatic carbocycles. The number of unbranched alkanes of at least 4 members (excludes halogenated alkanes) is 7. The van der Waals surface area contributed by atoms with Gasteiger partial charge in [0.15, 0.2) is 0 Å². The van der Waals surface area contributed by atoms with E-state index in [2.05, 4.69) is 19.1 Å². The summed E-state index contributed by atoms with van der Waals surface area (Å²) in [5.41, 5.74) is 0. The van der Waals surface area contributed by atoms with Gasteiger partial charge in [0.1, 0.15) is 32.3 Å². The van der Waals surface area contributed by atoms with Crippen molar-refractivity contribution in [2.24, 2.45) is 0 Å². The van der Waals surface area contributed by atoms with Gasteiger partial charge >= 0.3 is 35.4 Å². The summed E-state index contributed by atoms with van der Waals surface area (Å²) in [6.07, 6.45) is 13.4. The van der Waals surface area contributed by atoms with E-state index in [0.29, 0.717) is 31.9 Å². The van der Waals surface area contributed by atoms with Gasteiger partial charge in [-0.15, -0.1) is 0 Å². The Balaban J connectivity index is 0.00000961. The summed E-state index contributed by atoms with van der Waals surface area (Å²) >= 11 is 0. The van der Waals surface area contributed by atoms with Crippen LogP contribution >= 0.6 is 0 Å². The molecule has 10 heteroatoms. The van der Waals surface area contributed by atoms with Gasteiger partial charge in [-0.25, -0.2) is 8.42 Å². The second-order valence-corrected chi connectivity index (χ2v) is 9.62. The van der Waals surface area contributed by atoms with Crippen molar-refractivity contribution in [1.82, 2.24) is 4.90 Å². The molecule has 0 spiro atoms. The van der Waals surface area contributed by atoms with Gasteiger partial charge in [0.05, 0.1) is 22.5 Å². The number of amidine groups is 1. The van der Waals surface area contributed by atoms with Crippen LogP contribution in [0.15, 0.2) is 12.2 Å². The van der Waals surface area contributed by atoms with Crippen LogP contribution in [0.3, 0.4) is 0 Å². The molecule has 2 N–H and O–H groups in total. The first-order chi connectivity index (χ1) is 14.8. The molecule has 8 nitrogen and oxygen atoms in total. The predicted molar refractivity (Wildman–Crippen MR) is 120 cm³/mol. The number of β-amino-alcohol motifs (C(OH)–C–C–N with tert-alkyl or cyclic N) is 2. The minimum Gasteiger partial charge on any atom is -0.748 e. The minimum absolute atomic E-state index is 0. The number of aliphatic hydroxyl groups is 2. The van der Waals surface area contributed by atoms with E-state index in [9.17, 15) is 28.0 Å². The van der Waals surface area contributed by atoms with Crippen LogP contribution < -0.4 is 29.6 Å². The molecule has 0 saturated heterocycles. The average Bonchev–Trinajstić information content (AvgIpc) is 3.06. The van der Waals surface area contributed by atoms with Crippen molar-refractivity contribution in [3.05, 3.63) is 12.2 Å². The van der Waals surface area contributed by atoms with Crippen molar-refractivity contribution in [2.75, 3.05) is 38.5 Å². The minimum atomic E-state index is -4.54. The molecule has 0 bridgehead atoms. The maximum Gasteiger partial charge on any atom is 1.00 e. The smallest absolute Gasteiger partial charge is 0.748 e. The van der Waals surface area contributed by atoms with Crippen molar-refractivity contribution in [3.63, 3.8) is 0 Å². The van der Waals surface area contributed by atoms with Gasteiger partial charge in [-0.1, -0.05) is 51.2 Å². The molecule has 1 unspecified atom stereocenters. The Kier molecular flexibility index (Phi) is 17.9. The van der Waals surface area contributed by atoms with Crippen molar-refractivity contribution in [3.8, 4) is 0 Å². The standard InChI is InChI=1S/C22H40N2O6S.Na/c1-2-3-4-5-6-7-8-9-10-11-12-13-21(27)22-23(16-17-25)14-15-24(22)18-20(26)19-31(28,29)30;/h3-4,20,25-26H,2,5-19H2,1H3;/q;+1/b4-3+;. The SMILES string of the molecule is CC/C=C/CCCCCCCCCC(=O)C1=[N+](CC(O)CS(=O)(=O)[O-])CCN1CCO.[Na+]. The Labute approximate surface area is 215 Å². The predicted octanol–water partition coefficient (Wildman–Crippen LogP) is -1.34. The number of carbonyl (C=O) groups excluding carboxylic acids is 1. The van der Waals surface area contributed by atoms with E-state index in [-0.39, 0.29) is 48.5 Å². The molecule has 0 aromatic heterocycles. The molecule has 0 aromatic rings. The molecular weight excluding hydrogens is 443 g/mol. The summed E-state index contributed by atoms with van der Waals surface area (Å²) in [5.74, 6) is -0.526. The number of aliphatic hydroxyl groups excluding tert-OH is 2. The molecule has 180 valence electrons. The van der Waals surface area contributed by atoms with E-state index in [1.807, 2.05) is 0 Å². The third-order valence-electron chi connectivity index (χ3n) is 5.36. The number of Topliss-reactive ketones (excluding diaryl/α,β-unsaturated/α-hetero) is 1. The van der Waals surface area contributed by atoms with Gasteiger partial charge in [0.2, 0.25) is 5.78 Å². The summed E-state index contributed by atoms with van der Waals surface area (Å²) in [4.78, 5) is 14.6. The third kappa shape index (κ3) is 14.1. The van der Waals surface area contributed by atoms with Crippen LogP contribution in [-0.2, 0) is 14.9 Å². The maximum atomic E-state index is 12.8. The van der Waals surface area contributed by atoms with Crippen molar-refractivity contribution in [2.45, 2.75) is 77.2 Å². The molecule has 0 fully saturated rings. The van der Waals surface area contributed by atoms with Gasteiger partial charge in [-0.3, -0.25) is 14.3 Å². The molecule has 1 aliphatic heterocycles. The molecule has 1 atom stereocenters. The second kappa shape index (κ2) is 18.1. The maximum absolute atomic E-state index is 12.8. The average molecular weight is 484 g/mol. The van der Waals surface area contributed by atoms with Gasteiger partial charge in [0, 0.05) is 6.42 Å². The van der Waals surface area contributed by atoms with Crippen LogP contribution in [0.5, 0.6) is 0 Å². The van der Waals surface area contributed by atoms with Crippen molar-refractivity contribution in [1.29, 1.82) is 0 Å². The molecule has 1 rings (SSSR count). The van der Waals surface area contributed by atoms with E-state index in [4.69, 9.17) is 0 Å². The number of hydrogen-bond donors (Lipinski definition) is 2. The summed E-state index contributed by atoms with van der Waals surface area (Å²) < 4.78 is 34.3. The molecular formula is C22H40N2NaO6S+. The number of ketones is 1. The Bertz CT molecular complexity index is 697. The number of hydrogen-bond acceptors (Lipinski definition) is 7. The van der Waals surface area contributed by atoms with Crippen LogP contribution in [0.25, 0.3) is 0 Å². The zero-order valence-electron chi connectivity index (χ0n) is 19.9. The van der Waals surface area contributed by atoms with Crippen molar-refractivity contribution < 1.29 is 62.1 Å². The topological polar surface area (TPSA) is 121 Å². The van der Waals surface area contributed by atoms with E-state index >= 15 is 0 Å². The molecule has 32 heavy (non-hydrogen) atoms. The van der Waals surface area contributed by atoms with Crippen LogP contribution in [-0.4, -0.2) is 88.9 Å². The van der Waals surface area contributed by atoms with E-state index in [1.54, 1.807) is 9.48 Å². The quantitative estimate of drug-likeness (QED) is 0.0814. The van der Waals surface area contributed by atoms with Gasteiger partial charge in [-0.05, 0) is 25.7 Å². The van der Waals surface area contributed by atoms with Crippen LogP contribution in [0.1, 0.15) is 71.1 Å². The van der Waals surface area contributed by atoms with E-state index in [1.165, 1.54) is 25.7 Å². The third-order valence-corrected chi connectivity index (χ3v) is 6.16. The van der Waals surface area contributed by atoms with Gasteiger partial charge < -0.3 is 14.8 Å². The monoisotopic (exact) mass is 483 g/mol. The summed E-state index contributed by atoms with van der Waals surface area (Å²) in [5, 5.41) is 19.2. The summed E-state index contributed by atoms with van der Waals surface area (Å²) in [7, 11) is -4.54. The van der Waals surface area contributed by atoms with Crippen LogP contribution in [0.2, 0.25) is 0 Å². The second-order valence-electron chi connectivity index (χ2n) is 8.17. The first kappa shape index (κ1) is 31.7. The fraction of sp³-hybridized carbons (Fsp3) is 0.818. The first-order valence-corrected chi connectivity index (χ1v) is 13.1. The largest absolute Gasteiger partial charge is 1.00 e. The first-order valence-electron chi connectivity index (χ1n) is 11.6. The Morgan fingerprint density at radius 2 is 1.78 bits per heavy atom. The molecule has 1 heterocycles. The van der Waals surface area contributed by atoms with Gasteiger partial charge in [-0.2, -0.15) is 0 Å². The van der Waals surface area contributed by atoms with E-state index in [0.717, 1.165) is 32.1 Å². The Morgan fingerprint density at radius 1 is 1.16 bits per heavy atom. The molecule has 0 aliphatic carbocycles. The fourth-order valence-corrected chi connectivity index (χ4v) is 4.47. The van der Waals surface area contributed by atoms with Crippen LogP contribution in [0.4, 0.5) is 0 Å². The Hall–Kier alpha value is -0.290. The van der Waals surface area contributed by atoms with Crippen LogP contribution in [0, 0.1) is 0 Å². The molecule has 1 aliphatic rings. The Morgan fingerprint density at radius 3 is 2.38 bits per heavy atom. The molecule has 0 saturated carbocycles. The zero-order valence-corrected chi connectivity index (χ0v) is 22.7. The summed E-state index contributed by atoms with van der Waals surface area (Å²) in [6.45, 7) is 3.23.